The highest BCUT2D eigenvalue weighted by Gasteiger charge is 2.14. The minimum atomic E-state index is 0.182. The lowest BCUT2D eigenvalue weighted by Crippen LogP contribution is -1.97. The molecule has 76 valence electrons. The molecule has 0 heterocycles. The third-order valence-electron chi connectivity index (χ3n) is 2.18. The molecule has 15 heavy (non-hydrogen) atoms. The van der Waals surface area contributed by atoms with Crippen molar-refractivity contribution in [1.82, 2.24) is 0 Å². The Morgan fingerprint density at radius 3 is 2.40 bits per heavy atom. The first-order valence-electron chi connectivity index (χ1n) is 4.40. The van der Waals surface area contributed by atoms with E-state index in [9.17, 15) is 0 Å². The van der Waals surface area contributed by atoms with Crippen LogP contribution in [0.2, 0.25) is 5.02 Å². The van der Waals surface area contributed by atoms with Crippen LogP contribution in [0.3, 0.4) is 0 Å². The summed E-state index contributed by atoms with van der Waals surface area (Å²) in [6, 6.07) is 5.71. The van der Waals surface area contributed by atoms with Crippen LogP contribution in [0.5, 0.6) is 0 Å². The first-order chi connectivity index (χ1) is 7.19. The fourth-order valence-corrected chi connectivity index (χ4v) is 2.03. The van der Waals surface area contributed by atoms with Gasteiger partial charge in [-0.3, -0.25) is 0 Å². The van der Waals surface area contributed by atoms with Crippen molar-refractivity contribution in [1.29, 1.82) is 10.5 Å². The average molecular weight is 239 g/mol. The zero-order valence-corrected chi connectivity index (χ0v) is 9.65. The molecular weight excluding hydrogens is 231 g/mol. The highest BCUT2D eigenvalue weighted by molar-refractivity contribution is 6.33. The van der Waals surface area contributed by atoms with Crippen molar-refractivity contribution in [3.05, 3.63) is 33.3 Å². The minimum absolute atomic E-state index is 0.182. The van der Waals surface area contributed by atoms with Crippen LogP contribution in [0, 0.1) is 22.7 Å². The van der Waals surface area contributed by atoms with Gasteiger partial charge in [0.2, 0.25) is 0 Å². The van der Waals surface area contributed by atoms with E-state index >= 15 is 0 Å². The van der Waals surface area contributed by atoms with Crippen LogP contribution in [0.1, 0.15) is 29.2 Å². The number of benzene rings is 1. The van der Waals surface area contributed by atoms with Crippen molar-refractivity contribution in [3.8, 4) is 12.1 Å². The monoisotopic (exact) mass is 238 g/mol. The van der Waals surface area contributed by atoms with Crippen molar-refractivity contribution < 1.29 is 0 Å². The van der Waals surface area contributed by atoms with E-state index in [1.807, 2.05) is 13.0 Å². The SMILES string of the molecule is CCc1c(C#N)cc(CCl)c(C#N)c1Cl. The number of hydrogen-bond donors (Lipinski definition) is 0. The van der Waals surface area contributed by atoms with Gasteiger partial charge in [0, 0.05) is 5.88 Å². The maximum Gasteiger partial charge on any atom is 0.101 e. The molecule has 0 aliphatic carbocycles. The molecule has 0 saturated heterocycles. The van der Waals surface area contributed by atoms with Gasteiger partial charge in [0.15, 0.2) is 0 Å². The zero-order valence-electron chi connectivity index (χ0n) is 8.14. The standard InChI is InChI=1S/C11H8Cl2N2/c1-2-9-8(5-14)3-7(4-12)10(6-15)11(9)13/h3H,2,4H2,1H3. The van der Waals surface area contributed by atoms with Crippen LogP contribution in [0.15, 0.2) is 6.07 Å². The lowest BCUT2D eigenvalue weighted by Gasteiger charge is -2.09. The highest BCUT2D eigenvalue weighted by Crippen LogP contribution is 2.28. The number of nitriles is 2. The van der Waals surface area contributed by atoms with Gasteiger partial charge in [0.25, 0.3) is 0 Å². The van der Waals surface area contributed by atoms with Gasteiger partial charge in [-0.2, -0.15) is 10.5 Å². The largest absolute Gasteiger partial charge is 0.192 e. The summed E-state index contributed by atoms with van der Waals surface area (Å²) in [6.45, 7) is 1.89. The summed E-state index contributed by atoms with van der Waals surface area (Å²) in [5.74, 6) is 0.182. The van der Waals surface area contributed by atoms with Crippen molar-refractivity contribution in [3.63, 3.8) is 0 Å². The molecule has 1 aromatic rings. The summed E-state index contributed by atoms with van der Waals surface area (Å²) in [7, 11) is 0. The smallest absolute Gasteiger partial charge is 0.101 e. The molecule has 4 heteroatoms. The third kappa shape index (κ3) is 2.07. The summed E-state index contributed by atoms with van der Waals surface area (Å²) < 4.78 is 0. The summed E-state index contributed by atoms with van der Waals surface area (Å²) in [5, 5.41) is 18.2. The molecule has 0 radical (unpaired) electrons. The van der Waals surface area contributed by atoms with Gasteiger partial charge in [-0.15, -0.1) is 11.6 Å². The predicted octanol–water partition coefficient (Wildman–Crippen LogP) is 3.38. The first-order valence-corrected chi connectivity index (χ1v) is 5.31. The molecule has 0 spiro atoms. The lowest BCUT2D eigenvalue weighted by molar-refractivity contribution is 1.11. The van der Waals surface area contributed by atoms with Crippen LogP contribution >= 0.6 is 23.2 Å². The Bertz CT molecular complexity index is 467. The van der Waals surface area contributed by atoms with E-state index in [2.05, 4.69) is 6.07 Å². The number of halogens is 2. The van der Waals surface area contributed by atoms with E-state index in [1.54, 1.807) is 6.07 Å². The van der Waals surface area contributed by atoms with Crippen molar-refractivity contribution in [2.24, 2.45) is 0 Å². The quantitative estimate of drug-likeness (QED) is 0.742. The molecule has 0 aliphatic rings. The Morgan fingerprint density at radius 2 is 2.00 bits per heavy atom. The van der Waals surface area contributed by atoms with Gasteiger partial charge >= 0.3 is 0 Å². The fraction of sp³-hybridized carbons (Fsp3) is 0.273. The van der Waals surface area contributed by atoms with Crippen molar-refractivity contribution >= 4 is 23.2 Å². The maximum atomic E-state index is 8.94. The molecule has 0 saturated carbocycles. The predicted molar refractivity (Wildman–Crippen MR) is 59.8 cm³/mol. The van der Waals surface area contributed by atoms with E-state index in [0.29, 0.717) is 33.7 Å². The Balaban J connectivity index is 3.59. The second kappa shape index (κ2) is 5.03. The van der Waals surface area contributed by atoms with Crippen LogP contribution in [-0.2, 0) is 12.3 Å². The van der Waals surface area contributed by atoms with Gasteiger partial charge in [-0.05, 0) is 23.6 Å². The molecule has 1 aromatic carbocycles. The van der Waals surface area contributed by atoms with Gasteiger partial charge < -0.3 is 0 Å². The molecule has 0 bridgehead atoms. The number of hydrogen-bond acceptors (Lipinski definition) is 2. The lowest BCUT2D eigenvalue weighted by atomic mass is 9.98. The number of rotatable bonds is 2. The van der Waals surface area contributed by atoms with E-state index in [0.717, 1.165) is 0 Å². The fourth-order valence-electron chi connectivity index (χ4n) is 1.42. The van der Waals surface area contributed by atoms with Crippen LogP contribution in [0.25, 0.3) is 0 Å². The third-order valence-corrected chi connectivity index (χ3v) is 2.88. The Hall–Kier alpha value is -1.22. The van der Waals surface area contributed by atoms with Crippen molar-refractivity contribution in [2.45, 2.75) is 19.2 Å². The molecule has 0 amide bonds. The molecule has 0 aromatic heterocycles. The second-order valence-electron chi connectivity index (χ2n) is 2.96. The second-order valence-corrected chi connectivity index (χ2v) is 3.61. The molecule has 0 atom stereocenters. The topological polar surface area (TPSA) is 47.6 Å². The van der Waals surface area contributed by atoms with E-state index in [1.165, 1.54) is 0 Å². The summed E-state index contributed by atoms with van der Waals surface area (Å²) in [4.78, 5) is 0. The first kappa shape index (κ1) is 11.9. The van der Waals surface area contributed by atoms with Crippen LogP contribution in [0.4, 0.5) is 0 Å². The zero-order chi connectivity index (χ0) is 11.4. The maximum absolute atomic E-state index is 8.94. The van der Waals surface area contributed by atoms with Gasteiger partial charge in [0.1, 0.15) is 6.07 Å². The average Bonchev–Trinajstić information content (AvgIpc) is 2.27. The number of nitrogens with zero attached hydrogens (tertiary/aromatic N) is 2. The van der Waals surface area contributed by atoms with Crippen molar-refractivity contribution in [2.75, 3.05) is 0 Å². The number of alkyl halides is 1. The van der Waals surface area contributed by atoms with Gasteiger partial charge in [-0.25, -0.2) is 0 Å². The minimum Gasteiger partial charge on any atom is -0.192 e. The Morgan fingerprint density at radius 1 is 1.33 bits per heavy atom. The molecule has 0 N–H and O–H groups in total. The summed E-state index contributed by atoms with van der Waals surface area (Å²) in [6.07, 6.45) is 0.624. The molecule has 2 nitrogen and oxygen atoms in total. The highest BCUT2D eigenvalue weighted by atomic mass is 35.5. The van der Waals surface area contributed by atoms with Gasteiger partial charge in [0.05, 0.1) is 22.2 Å². The molecular formula is C11H8Cl2N2. The molecule has 0 aliphatic heterocycles. The Kier molecular flexibility index (Phi) is 3.97. The van der Waals surface area contributed by atoms with Crippen LogP contribution < -0.4 is 0 Å². The summed E-state index contributed by atoms with van der Waals surface area (Å²) in [5.41, 5.74) is 2.20. The molecule has 1 rings (SSSR count). The van der Waals surface area contributed by atoms with E-state index in [4.69, 9.17) is 33.7 Å². The van der Waals surface area contributed by atoms with Gasteiger partial charge in [-0.1, -0.05) is 18.5 Å². The molecule has 0 fully saturated rings. The van der Waals surface area contributed by atoms with E-state index < -0.39 is 0 Å². The summed E-state index contributed by atoms with van der Waals surface area (Å²) >= 11 is 11.7. The molecule has 0 unspecified atom stereocenters. The normalized spacial score (nSPS) is 9.40. The van der Waals surface area contributed by atoms with Crippen LogP contribution in [-0.4, -0.2) is 0 Å². The van der Waals surface area contributed by atoms with E-state index in [-0.39, 0.29) is 5.88 Å². The Labute approximate surface area is 98.6 Å².